The molecule has 3 heteroatoms. The van der Waals surface area contributed by atoms with Crippen LogP contribution >= 0.6 is 27.3 Å². The molecule has 0 amide bonds. The van der Waals surface area contributed by atoms with Crippen LogP contribution in [0.5, 0.6) is 0 Å². The molecule has 1 rings (SSSR count). The van der Waals surface area contributed by atoms with Crippen LogP contribution in [0.3, 0.4) is 0 Å². The summed E-state index contributed by atoms with van der Waals surface area (Å²) < 4.78 is 1.13. The van der Waals surface area contributed by atoms with Crippen LogP contribution in [-0.4, -0.2) is 5.78 Å². The van der Waals surface area contributed by atoms with Crippen molar-refractivity contribution in [2.45, 2.75) is 19.8 Å². The molecule has 11 heavy (non-hydrogen) atoms. The van der Waals surface area contributed by atoms with E-state index >= 15 is 0 Å². The second-order valence-corrected chi connectivity index (χ2v) is 4.25. The first-order chi connectivity index (χ1) is 5.20. The molecule has 0 aliphatic rings. The smallest absolute Gasteiger partial charge is 0.130 e. The average Bonchev–Trinajstić information content (AvgIpc) is 2.31. The quantitative estimate of drug-likeness (QED) is 0.784. The van der Waals surface area contributed by atoms with E-state index in [0.29, 0.717) is 6.42 Å². The molecule has 0 bridgehead atoms. The van der Waals surface area contributed by atoms with Crippen LogP contribution in [0.15, 0.2) is 15.9 Å². The minimum atomic E-state index is 0.255. The predicted molar refractivity (Wildman–Crippen MR) is 51.0 cm³/mol. The van der Waals surface area contributed by atoms with Gasteiger partial charge in [0.1, 0.15) is 5.78 Å². The molecule has 0 atom stereocenters. The molecule has 1 aromatic heterocycles. The second kappa shape index (κ2) is 4.02. The number of rotatable bonds is 3. The van der Waals surface area contributed by atoms with Crippen LogP contribution in [0, 0.1) is 0 Å². The Morgan fingerprint density at radius 3 is 2.91 bits per heavy atom. The van der Waals surface area contributed by atoms with E-state index in [9.17, 15) is 4.79 Å². The minimum absolute atomic E-state index is 0.255. The first-order valence-electron chi connectivity index (χ1n) is 3.41. The summed E-state index contributed by atoms with van der Waals surface area (Å²) in [7, 11) is 0. The van der Waals surface area contributed by atoms with Gasteiger partial charge in [-0.25, -0.2) is 0 Å². The normalized spacial score (nSPS) is 10.0. The topological polar surface area (TPSA) is 17.1 Å². The van der Waals surface area contributed by atoms with Crippen molar-refractivity contribution in [2.75, 3.05) is 0 Å². The Morgan fingerprint density at radius 1 is 1.73 bits per heavy atom. The van der Waals surface area contributed by atoms with Crippen molar-refractivity contribution < 1.29 is 4.79 Å². The van der Waals surface area contributed by atoms with E-state index in [1.807, 2.05) is 11.4 Å². The first kappa shape index (κ1) is 8.94. The zero-order chi connectivity index (χ0) is 8.27. The molecule has 0 aliphatic heterocycles. The van der Waals surface area contributed by atoms with Gasteiger partial charge >= 0.3 is 0 Å². The fourth-order valence-electron chi connectivity index (χ4n) is 0.793. The van der Waals surface area contributed by atoms with Crippen molar-refractivity contribution in [2.24, 2.45) is 0 Å². The summed E-state index contributed by atoms with van der Waals surface area (Å²) in [5, 5.41) is 2.03. The maximum absolute atomic E-state index is 10.6. The van der Waals surface area contributed by atoms with Crippen LogP contribution < -0.4 is 0 Å². The van der Waals surface area contributed by atoms with Gasteiger partial charge < -0.3 is 4.79 Å². The lowest BCUT2D eigenvalue weighted by Gasteiger charge is -1.93. The zero-order valence-electron chi connectivity index (χ0n) is 6.26. The van der Waals surface area contributed by atoms with Crippen LogP contribution in [0.2, 0.25) is 0 Å². The Hall–Kier alpha value is -0.150. The molecule has 0 radical (unpaired) electrons. The summed E-state index contributed by atoms with van der Waals surface area (Å²) in [6.45, 7) is 1.63. The molecule has 1 heterocycles. The Bertz CT molecular complexity index is 254. The molecular formula is C8H9BrOS. The molecule has 1 nitrogen and oxygen atoms in total. The highest BCUT2D eigenvalue weighted by atomic mass is 79.9. The Labute approximate surface area is 78.6 Å². The van der Waals surface area contributed by atoms with Gasteiger partial charge in [0, 0.05) is 15.8 Å². The van der Waals surface area contributed by atoms with E-state index in [1.54, 1.807) is 18.3 Å². The third-order valence-electron chi connectivity index (χ3n) is 1.40. The number of carbonyl (C=O) groups is 1. The highest BCUT2D eigenvalue weighted by molar-refractivity contribution is 9.10. The van der Waals surface area contributed by atoms with E-state index < -0.39 is 0 Å². The van der Waals surface area contributed by atoms with E-state index in [-0.39, 0.29) is 5.78 Å². The van der Waals surface area contributed by atoms with Crippen molar-refractivity contribution in [1.82, 2.24) is 0 Å². The molecule has 0 aliphatic carbocycles. The van der Waals surface area contributed by atoms with Crippen LogP contribution in [0.1, 0.15) is 18.2 Å². The fourth-order valence-corrected chi connectivity index (χ4v) is 2.35. The number of thiophene rings is 1. The van der Waals surface area contributed by atoms with Gasteiger partial charge in [-0.2, -0.15) is 0 Å². The second-order valence-electron chi connectivity index (χ2n) is 2.39. The molecule has 60 valence electrons. The van der Waals surface area contributed by atoms with Gasteiger partial charge in [0.2, 0.25) is 0 Å². The van der Waals surface area contributed by atoms with Crippen LogP contribution in [-0.2, 0) is 11.2 Å². The van der Waals surface area contributed by atoms with Crippen molar-refractivity contribution in [3.8, 4) is 0 Å². The van der Waals surface area contributed by atoms with Crippen LogP contribution in [0.4, 0.5) is 0 Å². The standard InChI is InChI=1S/C8H9BrOS/c1-6(10)2-3-8-7(9)4-5-11-8/h4-5H,2-3H2,1H3. The zero-order valence-corrected chi connectivity index (χ0v) is 8.67. The lowest BCUT2D eigenvalue weighted by molar-refractivity contribution is -0.116. The van der Waals surface area contributed by atoms with E-state index in [4.69, 9.17) is 0 Å². The number of hydrogen-bond acceptors (Lipinski definition) is 2. The summed E-state index contributed by atoms with van der Waals surface area (Å²) in [5.74, 6) is 0.255. The number of Topliss-reactive ketones (excluding diaryl/α,β-unsaturated/α-hetero) is 1. The molecule has 0 spiro atoms. The van der Waals surface area contributed by atoms with Crippen molar-refractivity contribution in [3.05, 3.63) is 20.8 Å². The maximum atomic E-state index is 10.6. The molecule has 0 saturated heterocycles. The maximum Gasteiger partial charge on any atom is 0.130 e. The van der Waals surface area contributed by atoms with Gasteiger partial charge in [-0.15, -0.1) is 11.3 Å². The van der Waals surface area contributed by atoms with Crippen molar-refractivity contribution in [1.29, 1.82) is 0 Å². The highest BCUT2D eigenvalue weighted by Crippen LogP contribution is 2.23. The number of hydrogen-bond donors (Lipinski definition) is 0. The van der Waals surface area contributed by atoms with E-state index in [0.717, 1.165) is 10.9 Å². The predicted octanol–water partition coefficient (Wildman–Crippen LogP) is 3.03. The SMILES string of the molecule is CC(=O)CCc1sccc1Br. The summed E-state index contributed by atoms with van der Waals surface area (Å²) in [5.41, 5.74) is 0. The first-order valence-corrected chi connectivity index (χ1v) is 5.08. The van der Waals surface area contributed by atoms with Crippen molar-refractivity contribution >= 4 is 33.0 Å². The van der Waals surface area contributed by atoms with Gasteiger partial charge in [-0.05, 0) is 40.7 Å². The molecule has 0 aromatic carbocycles. The van der Waals surface area contributed by atoms with Gasteiger partial charge in [-0.3, -0.25) is 0 Å². The van der Waals surface area contributed by atoms with Gasteiger partial charge in [-0.1, -0.05) is 0 Å². The highest BCUT2D eigenvalue weighted by Gasteiger charge is 2.01. The Morgan fingerprint density at radius 2 is 2.45 bits per heavy atom. The fraction of sp³-hybridized carbons (Fsp3) is 0.375. The number of aryl methyl sites for hydroxylation is 1. The summed E-state index contributed by atoms with van der Waals surface area (Å²) in [6.07, 6.45) is 1.52. The monoisotopic (exact) mass is 232 g/mol. The van der Waals surface area contributed by atoms with E-state index in [1.165, 1.54) is 4.88 Å². The molecule has 0 fully saturated rings. The van der Waals surface area contributed by atoms with E-state index in [2.05, 4.69) is 15.9 Å². The average molecular weight is 233 g/mol. The number of ketones is 1. The molecule has 0 saturated carbocycles. The Kier molecular flexibility index (Phi) is 3.27. The summed E-state index contributed by atoms with van der Waals surface area (Å²) in [4.78, 5) is 11.9. The van der Waals surface area contributed by atoms with Gasteiger partial charge in [0.05, 0.1) is 0 Å². The lowest BCUT2D eigenvalue weighted by Crippen LogP contribution is -1.91. The molecule has 0 unspecified atom stereocenters. The third-order valence-corrected chi connectivity index (χ3v) is 3.38. The number of halogens is 1. The lowest BCUT2D eigenvalue weighted by atomic mass is 10.2. The molecule has 0 N–H and O–H groups in total. The van der Waals surface area contributed by atoms with Gasteiger partial charge in [0.25, 0.3) is 0 Å². The number of carbonyl (C=O) groups excluding carboxylic acids is 1. The molecular weight excluding hydrogens is 224 g/mol. The van der Waals surface area contributed by atoms with Gasteiger partial charge in [0.15, 0.2) is 0 Å². The minimum Gasteiger partial charge on any atom is -0.300 e. The van der Waals surface area contributed by atoms with Crippen LogP contribution in [0.25, 0.3) is 0 Å². The summed E-state index contributed by atoms with van der Waals surface area (Å²) in [6, 6.07) is 2.01. The Balaban J connectivity index is 2.51. The largest absolute Gasteiger partial charge is 0.300 e. The third kappa shape index (κ3) is 2.75. The molecule has 1 aromatic rings. The van der Waals surface area contributed by atoms with Crippen molar-refractivity contribution in [3.63, 3.8) is 0 Å². The summed E-state index contributed by atoms with van der Waals surface area (Å²) >= 11 is 5.11.